The van der Waals surface area contributed by atoms with Crippen LogP contribution in [0.3, 0.4) is 0 Å². The zero-order valence-electron chi connectivity index (χ0n) is 15.0. The first-order valence-electron chi connectivity index (χ1n) is 7.92. The summed E-state index contributed by atoms with van der Waals surface area (Å²) in [7, 11) is 0. The molecule has 7 heteroatoms. The normalized spacial score (nSPS) is 11.2. The Morgan fingerprint density at radius 2 is 1.80 bits per heavy atom. The third-order valence-electron chi connectivity index (χ3n) is 3.76. The van der Waals surface area contributed by atoms with Crippen LogP contribution in [0.25, 0.3) is 22.6 Å². The van der Waals surface area contributed by atoms with Gasteiger partial charge in [0.1, 0.15) is 5.82 Å². The topological polar surface area (TPSA) is 69.4 Å². The van der Waals surface area contributed by atoms with Gasteiger partial charge in [-0.1, -0.05) is 60.9 Å². The molecule has 1 radical (unpaired) electrons. The smallest absolute Gasteiger partial charge is 0.102 e. The third kappa shape index (κ3) is 4.17. The Balaban J connectivity index is 0.00000225. The fourth-order valence-electron chi connectivity index (χ4n) is 2.77. The molecule has 0 saturated carbocycles. The van der Waals surface area contributed by atoms with Crippen molar-refractivity contribution >= 4 is 0 Å². The van der Waals surface area contributed by atoms with Crippen molar-refractivity contribution in [1.82, 2.24) is 30.2 Å². The van der Waals surface area contributed by atoms with Crippen molar-refractivity contribution in [2.45, 2.75) is 41.2 Å². The molecule has 0 N–H and O–H groups in total. The number of benzene rings is 1. The van der Waals surface area contributed by atoms with Gasteiger partial charge in [0, 0.05) is 33.0 Å². The van der Waals surface area contributed by atoms with Crippen molar-refractivity contribution in [3.8, 4) is 22.6 Å². The Labute approximate surface area is 161 Å². The van der Waals surface area contributed by atoms with Gasteiger partial charge in [-0.2, -0.15) is 5.10 Å². The third-order valence-corrected chi connectivity index (χ3v) is 3.76. The minimum Gasteiger partial charge on any atom is -0.341 e. The zero-order chi connectivity index (χ0) is 17.3. The molecule has 0 amide bonds. The van der Waals surface area contributed by atoms with E-state index in [1.165, 1.54) is 6.33 Å². The van der Waals surface area contributed by atoms with Crippen LogP contribution in [0.1, 0.15) is 31.9 Å². The molecule has 3 aromatic rings. The van der Waals surface area contributed by atoms with Gasteiger partial charge in [-0.3, -0.25) is 4.68 Å². The van der Waals surface area contributed by atoms with Crippen LogP contribution in [0.4, 0.5) is 0 Å². The van der Waals surface area contributed by atoms with E-state index in [0.717, 1.165) is 27.9 Å². The Morgan fingerprint density at radius 1 is 1.12 bits per heavy atom. The molecule has 0 bridgehead atoms. The number of aryl methyl sites for hydroxylation is 2. The Kier molecular flexibility index (Phi) is 5.80. The minimum atomic E-state index is 0. The maximum atomic E-state index is 4.51. The molecule has 0 aliphatic carbocycles. The van der Waals surface area contributed by atoms with Gasteiger partial charge in [-0.15, -0.1) is 0 Å². The van der Waals surface area contributed by atoms with Gasteiger partial charge in [-0.05, 0) is 41.9 Å². The quantitative estimate of drug-likeness (QED) is 0.503. The molecule has 1 aromatic carbocycles. The molecule has 0 atom stereocenters. The Bertz CT molecular complexity index is 846. The fourth-order valence-corrected chi connectivity index (χ4v) is 2.77. The van der Waals surface area contributed by atoms with E-state index in [0.29, 0.717) is 12.4 Å². The Morgan fingerprint density at radius 3 is 2.44 bits per heavy atom. The van der Waals surface area contributed by atoms with Crippen LogP contribution in [-0.4, -0.2) is 30.2 Å². The van der Waals surface area contributed by atoms with E-state index in [-0.39, 0.29) is 25.5 Å². The van der Waals surface area contributed by atoms with E-state index in [9.17, 15) is 0 Å². The molecule has 25 heavy (non-hydrogen) atoms. The summed E-state index contributed by atoms with van der Waals surface area (Å²) >= 11 is 0. The monoisotopic (exact) mass is 514 g/mol. The molecule has 3 rings (SSSR count). The van der Waals surface area contributed by atoms with E-state index in [1.54, 1.807) is 4.68 Å². The van der Waals surface area contributed by atoms with Gasteiger partial charge < -0.3 is 9.97 Å². The summed E-state index contributed by atoms with van der Waals surface area (Å²) in [5.74, 6) is 0.642. The predicted octanol–water partition coefficient (Wildman–Crippen LogP) is 3.26. The number of nitrogens with zero attached hydrogens (tertiary/aromatic N) is 6. The molecule has 0 spiro atoms. The summed E-state index contributed by atoms with van der Waals surface area (Å²) in [5, 5.41) is 12.2. The van der Waals surface area contributed by atoms with Gasteiger partial charge >= 0.3 is 0 Å². The number of tetrazole rings is 1. The number of hydrogen-bond donors (Lipinski definition) is 0. The number of aromatic nitrogens is 6. The van der Waals surface area contributed by atoms with Crippen molar-refractivity contribution in [3.63, 3.8) is 0 Å². The second-order valence-electron chi connectivity index (χ2n) is 7.20. The summed E-state index contributed by atoms with van der Waals surface area (Å²) in [6, 6.07) is 6.20. The van der Waals surface area contributed by atoms with E-state index in [2.05, 4.69) is 78.4 Å². The molecular weight excluding hydrogens is 492 g/mol. The van der Waals surface area contributed by atoms with Gasteiger partial charge in [0.05, 0.1) is 0 Å². The van der Waals surface area contributed by atoms with Crippen LogP contribution in [0.2, 0.25) is 0 Å². The van der Waals surface area contributed by atoms with Gasteiger partial charge in [0.15, 0.2) is 0 Å². The van der Waals surface area contributed by atoms with Crippen LogP contribution >= 0.6 is 0 Å². The predicted molar refractivity (Wildman–Crippen MR) is 92.0 cm³/mol. The zero-order valence-corrected chi connectivity index (χ0v) is 17.4. The SMILES string of the molecule is Cc1cccc(C)c1-c1ncn[c-]c1-c1nnnn1CC(C)(C)C.[Ir]. The summed E-state index contributed by atoms with van der Waals surface area (Å²) in [5.41, 5.74) is 4.97. The molecular formula is C18H21IrN6-. The van der Waals surface area contributed by atoms with Crippen LogP contribution in [-0.2, 0) is 26.7 Å². The van der Waals surface area contributed by atoms with Crippen molar-refractivity contribution in [2.75, 3.05) is 0 Å². The summed E-state index contributed by atoms with van der Waals surface area (Å²) in [6.07, 6.45) is 4.56. The maximum absolute atomic E-state index is 4.51. The maximum Gasteiger partial charge on any atom is 0.102 e. The number of hydrogen-bond acceptors (Lipinski definition) is 5. The first kappa shape index (κ1) is 19.3. The summed E-state index contributed by atoms with van der Waals surface area (Å²) < 4.78 is 1.80. The van der Waals surface area contributed by atoms with E-state index in [4.69, 9.17) is 0 Å². The van der Waals surface area contributed by atoms with Crippen molar-refractivity contribution < 1.29 is 20.1 Å². The van der Waals surface area contributed by atoms with Gasteiger partial charge in [0.25, 0.3) is 0 Å². The minimum absolute atomic E-state index is 0. The average molecular weight is 514 g/mol. The largest absolute Gasteiger partial charge is 0.341 e. The van der Waals surface area contributed by atoms with Crippen LogP contribution < -0.4 is 0 Å². The summed E-state index contributed by atoms with van der Waals surface area (Å²) in [4.78, 5) is 8.59. The molecule has 0 fully saturated rings. The van der Waals surface area contributed by atoms with E-state index >= 15 is 0 Å². The van der Waals surface area contributed by atoms with Crippen molar-refractivity contribution in [3.05, 3.63) is 41.9 Å². The second kappa shape index (κ2) is 7.50. The number of rotatable bonds is 3. The molecule has 0 aliphatic rings. The fraction of sp³-hybridized carbons (Fsp3) is 0.389. The van der Waals surface area contributed by atoms with Crippen molar-refractivity contribution in [2.24, 2.45) is 5.41 Å². The molecule has 0 saturated heterocycles. The van der Waals surface area contributed by atoms with Crippen molar-refractivity contribution in [1.29, 1.82) is 0 Å². The molecule has 2 heterocycles. The summed E-state index contributed by atoms with van der Waals surface area (Å²) in [6.45, 7) is 11.3. The van der Waals surface area contributed by atoms with Crippen LogP contribution in [0.5, 0.6) is 0 Å². The second-order valence-corrected chi connectivity index (χ2v) is 7.20. The van der Waals surface area contributed by atoms with Crippen LogP contribution in [0.15, 0.2) is 24.5 Å². The molecule has 2 aromatic heterocycles. The van der Waals surface area contributed by atoms with Gasteiger partial charge in [-0.25, -0.2) is 0 Å². The standard InChI is InChI=1S/C18H21N6.Ir/c1-12-7-6-8-13(2)15(12)16-14(9-19-11-20-16)17-21-22-23-24(17)10-18(3,4)5;/h6-8,11H,10H2,1-5H3;/q-1;. The first-order chi connectivity index (χ1) is 11.4. The first-order valence-corrected chi connectivity index (χ1v) is 7.92. The molecule has 133 valence electrons. The molecule has 6 nitrogen and oxygen atoms in total. The molecule has 0 aliphatic heterocycles. The van der Waals surface area contributed by atoms with Crippen LogP contribution in [0, 0.1) is 25.5 Å². The average Bonchev–Trinajstić information content (AvgIpc) is 2.93. The van der Waals surface area contributed by atoms with E-state index < -0.39 is 0 Å². The van der Waals surface area contributed by atoms with Gasteiger partial charge in [0.2, 0.25) is 0 Å². The van der Waals surface area contributed by atoms with E-state index in [1.807, 2.05) is 6.07 Å². The molecule has 0 unspecified atom stereocenters. The Hall–Kier alpha value is -1.98.